The van der Waals surface area contributed by atoms with Gasteiger partial charge >= 0.3 is 0 Å². The van der Waals surface area contributed by atoms with Crippen LogP contribution in [0.3, 0.4) is 0 Å². The molecule has 1 aromatic carbocycles. The Morgan fingerprint density at radius 2 is 2.14 bits per heavy atom. The molecule has 5 heteroatoms. The maximum absolute atomic E-state index is 10.5. The van der Waals surface area contributed by atoms with Crippen molar-refractivity contribution in [2.75, 3.05) is 0 Å². The van der Waals surface area contributed by atoms with Gasteiger partial charge in [0.25, 0.3) is 5.69 Å². The third kappa shape index (κ3) is 2.50. The quantitative estimate of drug-likeness (QED) is 0.373. The van der Waals surface area contributed by atoms with Crippen molar-refractivity contribution >= 4 is 34.6 Å². The summed E-state index contributed by atoms with van der Waals surface area (Å²) in [4.78, 5) is 20.6. The lowest BCUT2D eigenvalue weighted by Crippen LogP contribution is -1.97. The van der Waals surface area contributed by atoms with Gasteiger partial charge in [0.15, 0.2) is 0 Å². The second kappa shape index (κ2) is 4.50. The minimum Gasteiger partial charge on any atom is -0.303 e. The molecule has 0 radical (unpaired) electrons. The van der Waals surface area contributed by atoms with Crippen LogP contribution in [0.15, 0.2) is 18.2 Å². The van der Waals surface area contributed by atoms with Crippen molar-refractivity contribution in [1.29, 1.82) is 0 Å². The molecule has 0 aromatic heterocycles. The monoisotopic (exact) mass is 305 g/mol. The molecule has 0 aliphatic rings. The highest BCUT2D eigenvalue weighted by Gasteiger charge is 2.12. The molecule has 74 valence electrons. The van der Waals surface area contributed by atoms with Gasteiger partial charge in [-0.2, -0.15) is 0 Å². The summed E-state index contributed by atoms with van der Waals surface area (Å²) in [6, 6.07) is 4.68. The smallest absolute Gasteiger partial charge is 0.270 e. The van der Waals surface area contributed by atoms with Crippen LogP contribution in [0.1, 0.15) is 18.4 Å². The van der Waals surface area contributed by atoms with E-state index in [2.05, 4.69) is 0 Å². The average molecular weight is 305 g/mol. The van der Waals surface area contributed by atoms with Gasteiger partial charge in [-0.3, -0.25) is 10.1 Å². The minimum absolute atomic E-state index is 0.0283. The summed E-state index contributed by atoms with van der Waals surface area (Å²) in [5.41, 5.74) is 0.708. The largest absolute Gasteiger partial charge is 0.303 e. The SMILES string of the molecule is CC(C=O)c1cc(I)cc([N+](=O)[O-])c1. The van der Waals surface area contributed by atoms with E-state index in [4.69, 9.17) is 0 Å². The van der Waals surface area contributed by atoms with E-state index in [1.165, 1.54) is 12.1 Å². The van der Waals surface area contributed by atoms with Gasteiger partial charge in [0, 0.05) is 21.6 Å². The van der Waals surface area contributed by atoms with Crippen LogP contribution in [0.4, 0.5) is 5.69 Å². The maximum Gasteiger partial charge on any atom is 0.270 e. The number of nitrogens with zero attached hydrogens (tertiary/aromatic N) is 1. The fraction of sp³-hybridized carbons (Fsp3) is 0.222. The summed E-state index contributed by atoms with van der Waals surface area (Å²) in [7, 11) is 0. The van der Waals surface area contributed by atoms with Gasteiger partial charge in [0.2, 0.25) is 0 Å². The van der Waals surface area contributed by atoms with Gasteiger partial charge in [-0.15, -0.1) is 0 Å². The van der Waals surface area contributed by atoms with E-state index in [0.29, 0.717) is 5.56 Å². The molecule has 1 atom stereocenters. The van der Waals surface area contributed by atoms with Gasteiger partial charge in [0.1, 0.15) is 6.29 Å². The van der Waals surface area contributed by atoms with Crippen LogP contribution in [0.5, 0.6) is 0 Å². The fourth-order valence-electron chi connectivity index (χ4n) is 1.04. The van der Waals surface area contributed by atoms with E-state index in [-0.39, 0.29) is 11.6 Å². The van der Waals surface area contributed by atoms with E-state index in [9.17, 15) is 14.9 Å². The molecular weight excluding hydrogens is 297 g/mol. The number of rotatable bonds is 3. The van der Waals surface area contributed by atoms with Gasteiger partial charge in [-0.1, -0.05) is 6.92 Å². The van der Waals surface area contributed by atoms with E-state index in [0.717, 1.165) is 9.86 Å². The number of hydrogen-bond donors (Lipinski definition) is 0. The molecule has 0 saturated heterocycles. The summed E-state index contributed by atoms with van der Waals surface area (Å²) >= 11 is 1.99. The van der Waals surface area contributed by atoms with Crippen molar-refractivity contribution in [3.8, 4) is 0 Å². The number of non-ortho nitro benzene ring substituents is 1. The Labute approximate surface area is 94.6 Å². The number of nitro groups is 1. The van der Waals surface area contributed by atoms with Crippen LogP contribution < -0.4 is 0 Å². The normalized spacial score (nSPS) is 12.1. The fourth-order valence-corrected chi connectivity index (χ4v) is 1.72. The zero-order valence-corrected chi connectivity index (χ0v) is 9.59. The molecule has 0 bridgehead atoms. The number of nitro benzene ring substituents is 1. The number of benzene rings is 1. The predicted molar refractivity (Wildman–Crippen MR) is 60.3 cm³/mol. The Morgan fingerprint density at radius 1 is 1.50 bits per heavy atom. The van der Waals surface area contributed by atoms with Gasteiger partial charge in [0.05, 0.1) is 4.92 Å². The van der Waals surface area contributed by atoms with Gasteiger partial charge in [-0.05, 0) is 34.2 Å². The van der Waals surface area contributed by atoms with Crippen LogP contribution in [0.2, 0.25) is 0 Å². The number of hydrogen-bond acceptors (Lipinski definition) is 3. The molecule has 1 aromatic rings. The third-order valence-corrected chi connectivity index (χ3v) is 2.47. The first-order valence-corrected chi connectivity index (χ1v) is 5.02. The van der Waals surface area contributed by atoms with Crippen molar-refractivity contribution < 1.29 is 9.72 Å². The average Bonchev–Trinajstić information content (AvgIpc) is 2.15. The molecule has 4 nitrogen and oxygen atoms in total. The Balaban J connectivity index is 3.19. The zero-order chi connectivity index (χ0) is 10.7. The molecule has 0 heterocycles. The second-order valence-corrected chi connectivity index (χ2v) is 4.17. The lowest BCUT2D eigenvalue weighted by Gasteiger charge is -2.04. The lowest BCUT2D eigenvalue weighted by atomic mass is 10.0. The Hall–Kier alpha value is -0.980. The molecular formula is C9H8INO3. The lowest BCUT2D eigenvalue weighted by molar-refractivity contribution is -0.385. The minimum atomic E-state index is -0.455. The molecule has 0 aliphatic carbocycles. The molecule has 0 N–H and O–H groups in total. The van der Waals surface area contributed by atoms with E-state index >= 15 is 0 Å². The van der Waals surface area contributed by atoms with Crippen LogP contribution in [0.25, 0.3) is 0 Å². The van der Waals surface area contributed by atoms with Crippen molar-refractivity contribution in [3.05, 3.63) is 37.4 Å². The highest BCUT2D eigenvalue weighted by Crippen LogP contribution is 2.23. The van der Waals surface area contributed by atoms with Crippen LogP contribution in [-0.2, 0) is 4.79 Å². The van der Waals surface area contributed by atoms with E-state index in [1.807, 2.05) is 22.6 Å². The number of carbonyl (C=O) groups is 1. The Kier molecular flexibility index (Phi) is 3.56. The summed E-state index contributed by atoms with van der Waals surface area (Å²) in [5, 5.41) is 10.5. The molecule has 0 aliphatic heterocycles. The Bertz CT molecular complexity index is 378. The number of halogens is 1. The van der Waals surface area contributed by atoms with Crippen molar-refractivity contribution in [1.82, 2.24) is 0 Å². The van der Waals surface area contributed by atoms with E-state index in [1.54, 1.807) is 13.0 Å². The number of carbonyl (C=O) groups excluding carboxylic acids is 1. The number of aldehydes is 1. The van der Waals surface area contributed by atoms with Crippen LogP contribution in [0, 0.1) is 13.7 Å². The topological polar surface area (TPSA) is 60.2 Å². The molecule has 0 spiro atoms. The third-order valence-electron chi connectivity index (χ3n) is 1.85. The first-order chi connectivity index (χ1) is 6.54. The predicted octanol–water partition coefficient (Wildman–Crippen LogP) is 2.50. The molecule has 14 heavy (non-hydrogen) atoms. The standard InChI is InChI=1S/C9H8INO3/c1-6(5-12)7-2-8(10)4-9(3-7)11(13)14/h2-6H,1H3. The van der Waals surface area contributed by atoms with Crippen molar-refractivity contribution in [3.63, 3.8) is 0 Å². The van der Waals surface area contributed by atoms with Gasteiger partial charge in [-0.25, -0.2) is 0 Å². The Morgan fingerprint density at radius 3 is 2.64 bits per heavy atom. The second-order valence-electron chi connectivity index (χ2n) is 2.92. The summed E-state index contributed by atoms with van der Waals surface area (Å²) < 4.78 is 0.764. The van der Waals surface area contributed by atoms with E-state index < -0.39 is 4.92 Å². The highest BCUT2D eigenvalue weighted by molar-refractivity contribution is 14.1. The van der Waals surface area contributed by atoms with Crippen LogP contribution in [-0.4, -0.2) is 11.2 Å². The first-order valence-electron chi connectivity index (χ1n) is 3.94. The summed E-state index contributed by atoms with van der Waals surface area (Å²) in [6.45, 7) is 1.71. The van der Waals surface area contributed by atoms with Gasteiger partial charge < -0.3 is 4.79 Å². The molecule has 1 unspecified atom stereocenters. The maximum atomic E-state index is 10.5. The molecule has 0 fully saturated rings. The highest BCUT2D eigenvalue weighted by atomic mass is 127. The van der Waals surface area contributed by atoms with Crippen molar-refractivity contribution in [2.24, 2.45) is 0 Å². The summed E-state index contributed by atoms with van der Waals surface area (Å²) in [5.74, 6) is -0.302. The molecule has 1 rings (SSSR count). The zero-order valence-electron chi connectivity index (χ0n) is 7.44. The van der Waals surface area contributed by atoms with Crippen LogP contribution >= 0.6 is 22.6 Å². The summed E-state index contributed by atoms with van der Waals surface area (Å²) in [6.07, 6.45) is 0.773. The molecule has 0 saturated carbocycles. The first kappa shape index (κ1) is 11.1. The van der Waals surface area contributed by atoms with Crippen molar-refractivity contribution in [2.45, 2.75) is 12.8 Å². The molecule has 0 amide bonds.